The van der Waals surface area contributed by atoms with Crippen molar-refractivity contribution in [1.82, 2.24) is 10.2 Å². The highest BCUT2D eigenvalue weighted by Gasteiger charge is 2.49. The Morgan fingerprint density at radius 2 is 1.54 bits per heavy atom. The van der Waals surface area contributed by atoms with Crippen molar-refractivity contribution >= 4 is 11.7 Å². The largest absolute Gasteiger partial charge is 0.416 e. The molecule has 0 unspecified atom stereocenters. The van der Waals surface area contributed by atoms with Crippen molar-refractivity contribution < 1.29 is 26.7 Å². The van der Waals surface area contributed by atoms with Gasteiger partial charge in [0, 0.05) is 6.54 Å². The Hall–Kier alpha value is -3.59. The highest BCUT2D eigenvalue weighted by Crippen LogP contribution is 2.40. The first-order valence-electron chi connectivity index (χ1n) is 13.8. The quantitative estimate of drug-likeness (QED) is 0.248. The second-order valence-corrected chi connectivity index (χ2v) is 9.85. The maximum atomic E-state index is 13.5. The van der Waals surface area contributed by atoms with Crippen LogP contribution in [0.5, 0.6) is 0 Å². The summed E-state index contributed by atoms with van der Waals surface area (Å²) in [6.07, 6.45) is 4.50. The Labute approximate surface area is 238 Å². The molecule has 0 saturated carbocycles. The molecule has 2 aromatic carbocycles. The zero-order valence-corrected chi connectivity index (χ0v) is 23.6. The second kappa shape index (κ2) is 14.3. The predicted molar refractivity (Wildman–Crippen MR) is 152 cm³/mol. The molecule has 0 bridgehead atoms. The topological polar surface area (TPSA) is 44.7 Å². The van der Waals surface area contributed by atoms with E-state index in [0.717, 1.165) is 50.1 Å². The Morgan fingerprint density at radius 1 is 0.951 bits per heavy atom. The fraction of sp³-hybridized carbons (Fsp3) is 0.375. The molecule has 1 heterocycles. The third-order valence-electron chi connectivity index (χ3n) is 6.86. The van der Waals surface area contributed by atoms with Gasteiger partial charge in [-0.3, -0.25) is 9.69 Å². The number of nitrogens with one attached hydrogen (secondary N) is 1. The van der Waals surface area contributed by atoms with Crippen LogP contribution in [0.3, 0.4) is 0 Å². The number of halogens is 5. The summed E-state index contributed by atoms with van der Waals surface area (Å²) in [5.41, 5.74) is 0.304. The molecule has 1 N–H and O–H groups in total. The number of amidine groups is 1. The van der Waals surface area contributed by atoms with Crippen molar-refractivity contribution in [1.29, 1.82) is 0 Å². The summed E-state index contributed by atoms with van der Waals surface area (Å²) in [5.74, 6) is -0.372. The van der Waals surface area contributed by atoms with Crippen molar-refractivity contribution in [3.63, 3.8) is 0 Å². The highest BCUT2D eigenvalue weighted by atomic mass is 19.4. The summed E-state index contributed by atoms with van der Waals surface area (Å²) in [6, 6.07) is 11.5. The van der Waals surface area contributed by atoms with E-state index in [4.69, 9.17) is 4.99 Å². The second-order valence-electron chi connectivity index (χ2n) is 9.85. The summed E-state index contributed by atoms with van der Waals surface area (Å²) >= 11 is 0. The molecule has 0 aromatic heterocycles. The number of benzene rings is 2. The van der Waals surface area contributed by atoms with E-state index >= 15 is 0 Å². The molecule has 0 fully saturated rings. The number of aliphatic imine (C=N–C) groups is 1. The van der Waals surface area contributed by atoms with E-state index in [1.165, 1.54) is 24.3 Å². The summed E-state index contributed by atoms with van der Waals surface area (Å²) in [5, 5.41) is 3.24. The van der Waals surface area contributed by atoms with Crippen LogP contribution in [-0.4, -0.2) is 42.5 Å². The fourth-order valence-electron chi connectivity index (χ4n) is 4.78. The van der Waals surface area contributed by atoms with E-state index < -0.39 is 17.3 Å². The van der Waals surface area contributed by atoms with E-state index in [-0.39, 0.29) is 17.5 Å². The van der Waals surface area contributed by atoms with Crippen LogP contribution in [-0.2, 0) is 10.3 Å². The smallest absolute Gasteiger partial charge is 0.317 e. The monoisotopic (exact) mass is 573 g/mol. The molecule has 0 saturated heterocycles. The summed E-state index contributed by atoms with van der Waals surface area (Å²) in [6.45, 7) is 8.04. The zero-order valence-electron chi connectivity index (χ0n) is 23.6. The minimum atomic E-state index is -4.23. The highest BCUT2D eigenvalue weighted by molar-refractivity contribution is 6.09. The first-order valence-corrected chi connectivity index (χ1v) is 13.8. The van der Waals surface area contributed by atoms with Crippen LogP contribution in [0.4, 0.5) is 22.0 Å². The summed E-state index contributed by atoms with van der Waals surface area (Å²) in [7, 11) is 0. The van der Waals surface area contributed by atoms with Gasteiger partial charge in [-0.2, -0.15) is 13.2 Å². The minimum Gasteiger partial charge on any atom is -0.317 e. The van der Waals surface area contributed by atoms with Crippen LogP contribution in [0, 0.1) is 11.6 Å². The third kappa shape index (κ3) is 8.00. The van der Waals surface area contributed by atoms with Gasteiger partial charge in [0.05, 0.1) is 5.57 Å². The van der Waals surface area contributed by atoms with Crippen LogP contribution in [0.25, 0.3) is 0 Å². The standard InChI is InChI=1S/C21H23F2N3O.C11H13F3/c1-3-24-13-4-14-26-15(2)25-21(20(26)27,16-5-9-18(22)10-6-16)17-7-11-19(23)12-8-17;1-2-4-9-5-3-6-10(8-7-9)11(12,13)14/h5-12,24H,3-4,13-14H2,1-2H3;3,6-8H,2,4-5H2,1H3. The lowest BCUT2D eigenvalue weighted by Crippen LogP contribution is -2.42. The lowest BCUT2D eigenvalue weighted by atomic mass is 9.82. The number of carbonyl (C=O) groups is 1. The number of alkyl halides is 3. The van der Waals surface area contributed by atoms with Gasteiger partial charge in [-0.15, -0.1) is 0 Å². The lowest BCUT2D eigenvalue weighted by molar-refractivity contribution is -0.130. The average Bonchev–Trinajstić information content (AvgIpc) is 3.07. The molecule has 0 radical (unpaired) electrons. The SMILES string of the molecule is CCCC1=CC=C(C(F)(F)F)C=CC1.CCNCCCN1C(=O)C(c2ccc(F)cc2)(c2ccc(F)cc2)N=C1C. The van der Waals surface area contributed by atoms with Crippen LogP contribution in [0.1, 0.15) is 57.6 Å². The van der Waals surface area contributed by atoms with Gasteiger partial charge in [-0.1, -0.05) is 74.4 Å². The Balaban J connectivity index is 0.000000278. The number of nitrogens with zero attached hydrogens (tertiary/aromatic N) is 2. The van der Waals surface area contributed by atoms with Gasteiger partial charge in [-0.05, 0) is 74.7 Å². The normalized spacial score (nSPS) is 16.4. The molecule has 9 heteroatoms. The van der Waals surface area contributed by atoms with E-state index in [1.54, 1.807) is 48.2 Å². The molecule has 0 spiro atoms. The Kier molecular flexibility index (Phi) is 11.2. The van der Waals surface area contributed by atoms with Gasteiger partial charge < -0.3 is 5.32 Å². The average molecular weight is 574 g/mol. The third-order valence-corrected chi connectivity index (χ3v) is 6.86. The van der Waals surface area contributed by atoms with Crippen LogP contribution in [0.15, 0.2) is 89.0 Å². The van der Waals surface area contributed by atoms with Crippen LogP contribution >= 0.6 is 0 Å². The zero-order chi connectivity index (χ0) is 30.0. The first kappa shape index (κ1) is 31.9. The maximum absolute atomic E-state index is 13.5. The fourth-order valence-corrected chi connectivity index (χ4v) is 4.78. The van der Waals surface area contributed by atoms with Gasteiger partial charge in [0.1, 0.15) is 17.5 Å². The molecular formula is C32H36F5N3O. The number of hydrogen-bond donors (Lipinski definition) is 1. The molecule has 2 aromatic rings. The number of hydrogen-bond acceptors (Lipinski definition) is 3. The first-order chi connectivity index (χ1) is 19.5. The Bertz CT molecular complexity index is 1250. The number of carbonyl (C=O) groups excluding carboxylic acids is 1. The molecule has 1 aliphatic heterocycles. The number of allylic oxidation sites excluding steroid dienone is 6. The van der Waals surface area contributed by atoms with Crippen molar-refractivity contribution in [2.24, 2.45) is 4.99 Å². The van der Waals surface area contributed by atoms with Gasteiger partial charge >= 0.3 is 6.18 Å². The van der Waals surface area contributed by atoms with Crippen molar-refractivity contribution in [3.05, 3.63) is 107 Å². The van der Waals surface area contributed by atoms with E-state index in [0.29, 0.717) is 29.9 Å². The molecule has 0 atom stereocenters. The number of amides is 1. The van der Waals surface area contributed by atoms with Gasteiger partial charge in [0.25, 0.3) is 5.91 Å². The molecule has 2 aliphatic rings. The molecule has 4 nitrogen and oxygen atoms in total. The van der Waals surface area contributed by atoms with Gasteiger partial charge in [0.2, 0.25) is 0 Å². The molecular weight excluding hydrogens is 537 g/mol. The molecule has 1 aliphatic carbocycles. The van der Waals surface area contributed by atoms with Crippen molar-refractivity contribution in [3.8, 4) is 0 Å². The van der Waals surface area contributed by atoms with Crippen molar-refractivity contribution in [2.45, 2.75) is 58.2 Å². The molecule has 220 valence electrons. The summed E-state index contributed by atoms with van der Waals surface area (Å²) < 4.78 is 63.8. The predicted octanol–water partition coefficient (Wildman–Crippen LogP) is 7.63. The minimum absolute atomic E-state index is 0.199. The van der Waals surface area contributed by atoms with Crippen LogP contribution < -0.4 is 5.32 Å². The number of rotatable bonds is 9. The lowest BCUT2D eigenvalue weighted by Gasteiger charge is -2.27. The molecule has 4 rings (SSSR count). The maximum Gasteiger partial charge on any atom is 0.416 e. The van der Waals surface area contributed by atoms with Crippen molar-refractivity contribution in [2.75, 3.05) is 19.6 Å². The van der Waals surface area contributed by atoms with Crippen LogP contribution in [0.2, 0.25) is 0 Å². The van der Waals surface area contributed by atoms with Gasteiger partial charge in [-0.25, -0.2) is 13.8 Å². The summed E-state index contributed by atoms with van der Waals surface area (Å²) in [4.78, 5) is 19.8. The van der Waals surface area contributed by atoms with E-state index in [2.05, 4.69) is 5.32 Å². The Morgan fingerprint density at radius 3 is 2.05 bits per heavy atom. The van der Waals surface area contributed by atoms with Gasteiger partial charge in [0.15, 0.2) is 5.54 Å². The van der Waals surface area contributed by atoms with E-state index in [9.17, 15) is 26.7 Å². The molecule has 1 amide bonds. The van der Waals surface area contributed by atoms with E-state index in [1.807, 2.05) is 13.8 Å². The molecule has 41 heavy (non-hydrogen) atoms.